The third-order valence-corrected chi connectivity index (χ3v) is 3.75. The smallest absolute Gasteiger partial charge is 0.416 e. The predicted octanol–water partition coefficient (Wildman–Crippen LogP) is 5.81. The van der Waals surface area contributed by atoms with Crippen molar-refractivity contribution in [2.24, 2.45) is 0 Å². The van der Waals surface area contributed by atoms with Crippen LogP contribution in [0.4, 0.5) is 26.3 Å². The maximum atomic E-state index is 12.8. The number of rotatable bonds is 9. The summed E-state index contributed by atoms with van der Waals surface area (Å²) in [7, 11) is 0. The lowest BCUT2D eigenvalue weighted by atomic mass is 9.98. The molecule has 3 nitrogen and oxygen atoms in total. The first kappa shape index (κ1) is 23.0. The summed E-state index contributed by atoms with van der Waals surface area (Å²) in [5.41, 5.74) is -3.62. The molecule has 152 valence electrons. The van der Waals surface area contributed by atoms with Gasteiger partial charge in [0.05, 0.1) is 17.7 Å². The monoisotopic (exact) mass is 398 g/mol. The van der Waals surface area contributed by atoms with Crippen LogP contribution in [0.5, 0.6) is 0 Å². The van der Waals surface area contributed by atoms with Crippen molar-refractivity contribution in [2.45, 2.75) is 57.8 Å². The number of alkyl halides is 6. The summed E-state index contributed by atoms with van der Waals surface area (Å²) < 4.78 is 81.5. The molecule has 0 heterocycles. The number of benzene rings is 1. The fraction of sp³-hybridized carbons (Fsp3) is 0.556. The van der Waals surface area contributed by atoms with Gasteiger partial charge in [0.1, 0.15) is 0 Å². The van der Waals surface area contributed by atoms with Crippen molar-refractivity contribution in [3.05, 3.63) is 34.9 Å². The predicted molar refractivity (Wildman–Crippen MR) is 85.1 cm³/mol. The number of Topliss-reactive ketones (excluding diaryl/α,β-unsaturated/α-hetero) is 1. The van der Waals surface area contributed by atoms with Gasteiger partial charge in [-0.25, -0.2) is 0 Å². The Bertz CT molecular complexity index is 617. The molecule has 0 fully saturated rings. The van der Waals surface area contributed by atoms with Gasteiger partial charge in [-0.2, -0.15) is 26.3 Å². The van der Waals surface area contributed by atoms with E-state index in [2.05, 4.69) is 0 Å². The maximum absolute atomic E-state index is 12.8. The van der Waals surface area contributed by atoms with E-state index in [4.69, 9.17) is 4.74 Å². The Balaban J connectivity index is 2.65. The van der Waals surface area contributed by atoms with Gasteiger partial charge in [0.25, 0.3) is 0 Å². The van der Waals surface area contributed by atoms with Crippen LogP contribution >= 0.6 is 0 Å². The molecule has 0 atom stereocenters. The summed E-state index contributed by atoms with van der Waals surface area (Å²) in [4.78, 5) is 23.2. The van der Waals surface area contributed by atoms with Crippen molar-refractivity contribution in [2.75, 3.05) is 6.61 Å². The fourth-order valence-corrected chi connectivity index (χ4v) is 2.40. The Morgan fingerprint density at radius 3 is 1.74 bits per heavy atom. The van der Waals surface area contributed by atoms with Crippen LogP contribution in [0.15, 0.2) is 18.2 Å². The minimum Gasteiger partial charge on any atom is -0.466 e. The third-order valence-electron chi connectivity index (χ3n) is 3.75. The Morgan fingerprint density at radius 1 is 0.815 bits per heavy atom. The normalized spacial score (nSPS) is 12.1. The fourth-order valence-electron chi connectivity index (χ4n) is 2.40. The molecule has 0 saturated heterocycles. The number of halogens is 6. The highest BCUT2D eigenvalue weighted by atomic mass is 19.4. The zero-order valence-electron chi connectivity index (χ0n) is 14.7. The van der Waals surface area contributed by atoms with Gasteiger partial charge >= 0.3 is 18.3 Å². The number of carbonyl (C=O) groups excluding carboxylic acids is 2. The van der Waals surface area contributed by atoms with Gasteiger partial charge in [-0.1, -0.05) is 12.8 Å². The molecule has 0 spiro atoms. The second kappa shape index (κ2) is 9.75. The molecule has 0 saturated carbocycles. The van der Waals surface area contributed by atoms with Crippen molar-refractivity contribution in [3.8, 4) is 0 Å². The number of hydrogen-bond donors (Lipinski definition) is 0. The summed E-state index contributed by atoms with van der Waals surface area (Å²) in [5.74, 6) is -1.12. The van der Waals surface area contributed by atoms with Gasteiger partial charge in [-0.3, -0.25) is 9.59 Å². The van der Waals surface area contributed by atoms with E-state index in [1.807, 2.05) is 0 Å². The highest BCUT2D eigenvalue weighted by Gasteiger charge is 2.37. The minimum atomic E-state index is -4.98. The Kier molecular flexibility index (Phi) is 8.30. The first-order valence-corrected chi connectivity index (χ1v) is 8.43. The number of unbranched alkanes of at least 4 members (excludes halogenated alkanes) is 3. The zero-order chi connectivity index (χ0) is 20.7. The van der Waals surface area contributed by atoms with Crippen LogP contribution in [-0.2, 0) is 21.9 Å². The van der Waals surface area contributed by atoms with Crippen molar-refractivity contribution < 1.29 is 40.7 Å². The van der Waals surface area contributed by atoms with Gasteiger partial charge in [-0.05, 0) is 38.0 Å². The van der Waals surface area contributed by atoms with E-state index in [1.54, 1.807) is 6.92 Å². The second-order valence-electron chi connectivity index (χ2n) is 5.94. The molecule has 0 aromatic heterocycles. The average Bonchev–Trinajstić information content (AvgIpc) is 2.56. The molecule has 0 N–H and O–H groups in total. The molecule has 1 aromatic carbocycles. The van der Waals surface area contributed by atoms with E-state index in [0.717, 1.165) is 0 Å². The van der Waals surface area contributed by atoms with E-state index in [-0.39, 0.29) is 31.5 Å². The third kappa shape index (κ3) is 8.01. The van der Waals surface area contributed by atoms with E-state index < -0.39 is 34.8 Å². The van der Waals surface area contributed by atoms with Crippen LogP contribution in [0.25, 0.3) is 0 Å². The first-order valence-electron chi connectivity index (χ1n) is 8.43. The van der Waals surface area contributed by atoms with E-state index in [1.165, 1.54) is 0 Å². The molecule has 0 amide bonds. The lowest BCUT2D eigenvalue weighted by Crippen LogP contribution is -2.13. The molecule has 0 aliphatic rings. The summed E-state index contributed by atoms with van der Waals surface area (Å²) in [6.45, 7) is 1.96. The van der Waals surface area contributed by atoms with Crippen LogP contribution in [0.3, 0.4) is 0 Å². The number of hydrogen-bond acceptors (Lipinski definition) is 3. The van der Waals surface area contributed by atoms with E-state index in [0.29, 0.717) is 37.8 Å². The quantitative estimate of drug-likeness (QED) is 0.228. The largest absolute Gasteiger partial charge is 0.466 e. The highest BCUT2D eigenvalue weighted by Crippen LogP contribution is 2.36. The molecular formula is C18H20F6O3. The molecule has 9 heteroatoms. The zero-order valence-corrected chi connectivity index (χ0v) is 14.7. The maximum Gasteiger partial charge on any atom is 0.416 e. The highest BCUT2D eigenvalue weighted by molar-refractivity contribution is 5.96. The molecule has 0 radical (unpaired) electrons. The van der Waals surface area contributed by atoms with Crippen molar-refractivity contribution in [1.29, 1.82) is 0 Å². The lowest BCUT2D eigenvalue weighted by molar-refractivity contribution is -0.144. The van der Waals surface area contributed by atoms with Gasteiger partial charge in [-0.15, -0.1) is 0 Å². The Labute approximate surface area is 152 Å². The molecule has 27 heavy (non-hydrogen) atoms. The van der Waals surface area contributed by atoms with E-state index in [9.17, 15) is 35.9 Å². The van der Waals surface area contributed by atoms with Crippen molar-refractivity contribution in [3.63, 3.8) is 0 Å². The SMILES string of the molecule is CCOC(=O)CCCCCCC(=O)c1cc(C(F)(F)F)cc(C(F)(F)F)c1. The molecule has 0 aliphatic heterocycles. The minimum absolute atomic E-state index is 0.00777. The van der Waals surface area contributed by atoms with Gasteiger partial charge in [0, 0.05) is 18.4 Å². The van der Waals surface area contributed by atoms with Crippen molar-refractivity contribution in [1.82, 2.24) is 0 Å². The summed E-state index contributed by atoms with van der Waals surface area (Å²) in [5, 5.41) is 0. The molecule has 0 unspecified atom stereocenters. The number of carbonyl (C=O) groups is 2. The summed E-state index contributed by atoms with van der Waals surface area (Å²) in [6.07, 6.45) is -7.94. The van der Waals surface area contributed by atoms with Gasteiger partial charge < -0.3 is 4.74 Å². The lowest BCUT2D eigenvalue weighted by Gasteiger charge is -2.13. The van der Waals surface area contributed by atoms with Gasteiger partial charge in [0.2, 0.25) is 0 Å². The molecule has 1 rings (SSSR count). The van der Waals surface area contributed by atoms with Crippen LogP contribution in [0.2, 0.25) is 0 Å². The van der Waals surface area contributed by atoms with Crippen molar-refractivity contribution >= 4 is 11.8 Å². The molecule has 1 aromatic rings. The number of ether oxygens (including phenoxy) is 1. The summed E-state index contributed by atoms with van der Waals surface area (Å²) >= 11 is 0. The number of ketones is 1. The summed E-state index contributed by atoms with van der Waals surface area (Å²) in [6, 6.07) is 0.878. The number of esters is 1. The standard InChI is InChI=1S/C18H20F6O3/c1-2-27-16(26)8-6-4-3-5-7-15(25)12-9-13(17(19,20)21)11-14(10-12)18(22,23)24/h9-11H,2-8H2,1H3. The molecule has 0 bridgehead atoms. The Hall–Kier alpha value is -2.06. The average molecular weight is 398 g/mol. The topological polar surface area (TPSA) is 43.4 Å². The molecular weight excluding hydrogens is 378 g/mol. The first-order chi connectivity index (χ1) is 12.4. The molecule has 0 aliphatic carbocycles. The second-order valence-corrected chi connectivity index (χ2v) is 5.94. The van der Waals surface area contributed by atoms with Crippen LogP contribution in [0, 0.1) is 0 Å². The van der Waals surface area contributed by atoms with E-state index >= 15 is 0 Å². The van der Waals surface area contributed by atoms with Crippen LogP contribution in [0.1, 0.15) is 66.9 Å². The Morgan fingerprint density at radius 2 is 1.30 bits per heavy atom. The van der Waals surface area contributed by atoms with Crippen LogP contribution < -0.4 is 0 Å². The van der Waals surface area contributed by atoms with Crippen LogP contribution in [-0.4, -0.2) is 18.4 Å². The van der Waals surface area contributed by atoms with Gasteiger partial charge in [0.15, 0.2) is 5.78 Å².